The van der Waals surface area contributed by atoms with Crippen LogP contribution >= 0.6 is 0 Å². The topological polar surface area (TPSA) is 95.9 Å². The highest BCUT2D eigenvalue weighted by Crippen LogP contribution is 2.19. The largest absolute Gasteiger partial charge is 0.466 e. The van der Waals surface area contributed by atoms with Gasteiger partial charge in [0.1, 0.15) is 0 Å². The molecule has 2 unspecified atom stereocenters. The third kappa shape index (κ3) is 58.0. The van der Waals surface area contributed by atoms with Crippen LogP contribution in [0.3, 0.4) is 0 Å². The van der Waals surface area contributed by atoms with Crippen LogP contribution in [0.4, 0.5) is 0 Å². The molecular weight excluding hydrogens is 875 g/mol. The van der Waals surface area contributed by atoms with Crippen LogP contribution in [0.5, 0.6) is 0 Å². The molecule has 0 bridgehead atoms. The van der Waals surface area contributed by atoms with Crippen LogP contribution in [-0.4, -0.2) is 47.4 Å². The summed E-state index contributed by atoms with van der Waals surface area (Å²) in [5.41, 5.74) is 0. The number of aliphatic hydroxyl groups excluding tert-OH is 2. The van der Waals surface area contributed by atoms with Gasteiger partial charge >= 0.3 is 5.97 Å². The molecule has 1 amide bonds. The molecule has 424 valence electrons. The summed E-state index contributed by atoms with van der Waals surface area (Å²) in [6.45, 7) is 4.99. The first kappa shape index (κ1) is 69.9. The molecule has 0 saturated heterocycles. The van der Waals surface area contributed by atoms with E-state index in [2.05, 4.69) is 19.2 Å². The Balaban J connectivity index is 3.33. The second kappa shape index (κ2) is 61.4. The van der Waals surface area contributed by atoms with Gasteiger partial charge in [-0.2, -0.15) is 0 Å². The van der Waals surface area contributed by atoms with Crippen LogP contribution in [0.1, 0.15) is 380 Å². The van der Waals surface area contributed by atoms with Gasteiger partial charge in [-0.05, 0) is 25.7 Å². The van der Waals surface area contributed by atoms with Gasteiger partial charge in [0.2, 0.25) is 5.91 Å². The van der Waals surface area contributed by atoms with E-state index in [4.69, 9.17) is 4.74 Å². The number of carbonyl (C=O) groups excluding carboxylic acids is 2. The van der Waals surface area contributed by atoms with Crippen molar-refractivity contribution in [2.24, 2.45) is 0 Å². The summed E-state index contributed by atoms with van der Waals surface area (Å²) < 4.78 is 5.50. The molecule has 71 heavy (non-hydrogen) atoms. The van der Waals surface area contributed by atoms with E-state index in [0.717, 1.165) is 38.5 Å². The molecule has 6 heteroatoms. The van der Waals surface area contributed by atoms with Crippen LogP contribution in [0.25, 0.3) is 0 Å². The lowest BCUT2D eigenvalue weighted by molar-refractivity contribution is -0.143. The zero-order valence-electron chi connectivity index (χ0n) is 48.5. The van der Waals surface area contributed by atoms with Crippen LogP contribution in [0.15, 0.2) is 0 Å². The number of unbranched alkanes of at least 4 members (excludes halogenated alkanes) is 51. The van der Waals surface area contributed by atoms with Crippen LogP contribution in [0.2, 0.25) is 0 Å². The summed E-state index contributed by atoms with van der Waals surface area (Å²) in [6, 6.07) is -0.539. The third-order valence-electron chi connectivity index (χ3n) is 15.7. The maximum atomic E-state index is 12.5. The van der Waals surface area contributed by atoms with E-state index in [1.165, 1.54) is 308 Å². The Kier molecular flexibility index (Phi) is 60.4. The molecule has 0 radical (unpaired) electrons. The van der Waals surface area contributed by atoms with Gasteiger partial charge in [-0.3, -0.25) is 9.59 Å². The highest BCUT2D eigenvalue weighted by Gasteiger charge is 2.20. The first-order valence-corrected chi connectivity index (χ1v) is 32.8. The summed E-state index contributed by atoms with van der Waals surface area (Å²) in [6.07, 6.45) is 72.7. The number of hydrogen-bond acceptors (Lipinski definition) is 5. The molecule has 0 aliphatic rings. The average molecular weight is 1000 g/mol. The number of nitrogens with one attached hydrogen (secondary N) is 1. The summed E-state index contributed by atoms with van der Waals surface area (Å²) in [5, 5.41) is 23.3. The maximum absolute atomic E-state index is 12.5. The van der Waals surface area contributed by atoms with Gasteiger partial charge in [0.05, 0.1) is 25.4 Å². The molecule has 3 N–H and O–H groups in total. The Morgan fingerprint density at radius 3 is 0.859 bits per heavy atom. The quantitative estimate of drug-likeness (QED) is 0.0417. The summed E-state index contributed by atoms with van der Waals surface area (Å²) in [4.78, 5) is 24.6. The number of aliphatic hydroxyl groups is 2. The molecule has 0 aromatic carbocycles. The number of carbonyl (C=O) groups is 2. The van der Waals surface area contributed by atoms with E-state index in [0.29, 0.717) is 25.9 Å². The molecule has 0 spiro atoms. The predicted molar refractivity (Wildman–Crippen MR) is 310 cm³/mol. The predicted octanol–water partition coefficient (Wildman–Crippen LogP) is 20.6. The van der Waals surface area contributed by atoms with Crippen molar-refractivity contribution in [2.75, 3.05) is 13.2 Å². The number of hydrogen-bond donors (Lipinski definition) is 3. The lowest BCUT2D eigenvalue weighted by Gasteiger charge is -2.22. The smallest absolute Gasteiger partial charge is 0.305 e. The van der Waals surface area contributed by atoms with Crippen molar-refractivity contribution >= 4 is 11.9 Å². The second-order valence-electron chi connectivity index (χ2n) is 22.8. The standard InChI is InChI=1S/C65H129NO5/c1-3-5-7-9-11-13-15-17-19-31-35-39-43-47-51-55-59-65(70)71-60-56-52-48-44-40-36-32-29-27-25-23-21-20-22-24-26-28-30-34-38-42-46-50-54-58-64(69)66-62(61-67)63(68)57-53-49-45-41-37-33-18-16-14-12-10-8-6-4-2/h62-63,67-68H,3-61H2,1-2H3,(H,66,69). The van der Waals surface area contributed by atoms with Gasteiger partial charge in [-0.15, -0.1) is 0 Å². The van der Waals surface area contributed by atoms with E-state index in [1.807, 2.05) is 0 Å². The van der Waals surface area contributed by atoms with Gasteiger partial charge in [0.25, 0.3) is 0 Å². The number of amides is 1. The average Bonchev–Trinajstić information content (AvgIpc) is 3.37. The van der Waals surface area contributed by atoms with Crippen molar-refractivity contribution in [3.8, 4) is 0 Å². The first-order valence-electron chi connectivity index (χ1n) is 32.8. The van der Waals surface area contributed by atoms with Crippen LogP contribution < -0.4 is 5.32 Å². The summed E-state index contributed by atoms with van der Waals surface area (Å²) in [7, 11) is 0. The maximum Gasteiger partial charge on any atom is 0.305 e. The second-order valence-corrected chi connectivity index (χ2v) is 22.8. The molecular formula is C65H129NO5. The van der Waals surface area contributed by atoms with Crippen molar-refractivity contribution in [3.05, 3.63) is 0 Å². The molecule has 0 aliphatic carbocycles. The van der Waals surface area contributed by atoms with Crippen molar-refractivity contribution < 1.29 is 24.5 Å². The molecule has 0 aromatic heterocycles. The van der Waals surface area contributed by atoms with Gasteiger partial charge < -0.3 is 20.3 Å². The van der Waals surface area contributed by atoms with E-state index in [-0.39, 0.29) is 18.5 Å². The zero-order chi connectivity index (χ0) is 51.4. The highest BCUT2D eigenvalue weighted by atomic mass is 16.5. The third-order valence-corrected chi connectivity index (χ3v) is 15.7. The Hall–Kier alpha value is -1.14. The molecule has 6 nitrogen and oxygen atoms in total. The van der Waals surface area contributed by atoms with E-state index in [9.17, 15) is 19.8 Å². The fourth-order valence-electron chi connectivity index (χ4n) is 10.6. The molecule has 0 fully saturated rings. The lowest BCUT2D eigenvalue weighted by Crippen LogP contribution is -2.45. The Bertz CT molecular complexity index is 1020. The lowest BCUT2D eigenvalue weighted by atomic mass is 10.0. The van der Waals surface area contributed by atoms with Crippen molar-refractivity contribution in [2.45, 2.75) is 392 Å². The van der Waals surface area contributed by atoms with Gasteiger partial charge in [-0.25, -0.2) is 0 Å². The van der Waals surface area contributed by atoms with E-state index in [1.54, 1.807) is 0 Å². The normalized spacial score (nSPS) is 12.5. The minimum absolute atomic E-state index is 0.0200. The number of rotatable bonds is 62. The van der Waals surface area contributed by atoms with E-state index < -0.39 is 12.1 Å². The van der Waals surface area contributed by atoms with Gasteiger partial charge in [-0.1, -0.05) is 341 Å². The number of ether oxygens (including phenoxy) is 1. The SMILES string of the molecule is CCCCCCCCCCCCCCCCCCC(=O)OCCCCCCCCCCCCCCCCCCCCCCCCCCC(=O)NC(CO)C(O)CCCCCCCCCCCCCCCC. The van der Waals surface area contributed by atoms with Gasteiger partial charge in [0.15, 0.2) is 0 Å². The Labute approximate surface area is 445 Å². The summed E-state index contributed by atoms with van der Waals surface area (Å²) >= 11 is 0. The monoisotopic (exact) mass is 1000 g/mol. The highest BCUT2D eigenvalue weighted by molar-refractivity contribution is 5.76. The molecule has 0 heterocycles. The van der Waals surface area contributed by atoms with Crippen molar-refractivity contribution in [1.82, 2.24) is 5.32 Å². The molecule has 0 saturated carbocycles. The molecule has 0 aromatic rings. The summed E-state index contributed by atoms with van der Waals surface area (Å²) in [5.74, 6) is -0.0108. The van der Waals surface area contributed by atoms with E-state index >= 15 is 0 Å². The molecule has 0 rings (SSSR count). The van der Waals surface area contributed by atoms with Crippen molar-refractivity contribution in [3.63, 3.8) is 0 Å². The Morgan fingerprint density at radius 2 is 0.577 bits per heavy atom. The fourth-order valence-corrected chi connectivity index (χ4v) is 10.6. The minimum Gasteiger partial charge on any atom is -0.466 e. The Morgan fingerprint density at radius 1 is 0.338 bits per heavy atom. The van der Waals surface area contributed by atoms with Gasteiger partial charge in [0, 0.05) is 12.8 Å². The van der Waals surface area contributed by atoms with Crippen LogP contribution in [-0.2, 0) is 14.3 Å². The fraction of sp³-hybridized carbons (Fsp3) is 0.969. The molecule has 2 atom stereocenters. The van der Waals surface area contributed by atoms with Crippen molar-refractivity contribution in [1.29, 1.82) is 0 Å². The van der Waals surface area contributed by atoms with Crippen LogP contribution in [0, 0.1) is 0 Å². The zero-order valence-corrected chi connectivity index (χ0v) is 48.5. The first-order chi connectivity index (χ1) is 35.0. The minimum atomic E-state index is -0.662. The number of esters is 1. The molecule has 0 aliphatic heterocycles.